The summed E-state index contributed by atoms with van der Waals surface area (Å²) in [5, 5.41) is 0. The standard InChI is InChI=1S/C17H22O5S/c1-10(2)21-15-14(17(4,5)22-16(15)18)12-6-7-13(9-23(19)20)11(3)8-12/h6-8,10H,9H2,1-5H3,(H,19,20)/p-1. The monoisotopic (exact) mass is 337 g/mol. The van der Waals surface area contributed by atoms with Crippen LogP contribution in [0.25, 0.3) is 5.57 Å². The van der Waals surface area contributed by atoms with E-state index >= 15 is 0 Å². The second-order valence-corrected chi connectivity index (χ2v) is 7.26. The summed E-state index contributed by atoms with van der Waals surface area (Å²) in [6.07, 6.45) is -0.148. The van der Waals surface area contributed by atoms with Crippen LogP contribution in [0.4, 0.5) is 0 Å². The Morgan fingerprint density at radius 1 is 1.35 bits per heavy atom. The Balaban J connectivity index is 2.52. The number of aryl methyl sites for hydroxylation is 1. The fourth-order valence-corrected chi connectivity index (χ4v) is 3.24. The van der Waals surface area contributed by atoms with Crippen molar-refractivity contribution in [3.8, 4) is 0 Å². The third kappa shape index (κ3) is 3.82. The van der Waals surface area contributed by atoms with Gasteiger partial charge in [0, 0.05) is 5.75 Å². The van der Waals surface area contributed by atoms with Crippen LogP contribution in [0, 0.1) is 6.92 Å². The zero-order chi connectivity index (χ0) is 17.4. The highest BCUT2D eigenvalue weighted by atomic mass is 32.2. The van der Waals surface area contributed by atoms with Gasteiger partial charge in [0.1, 0.15) is 5.60 Å². The summed E-state index contributed by atoms with van der Waals surface area (Å²) in [6, 6.07) is 5.43. The zero-order valence-corrected chi connectivity index (χ0v) is 14.8. The summed E-state index contributed by atoms with van der Waals surface area (Å²) in [5.41, 5.74) is 2.27. The molecule has 1 heterocycles. The highest BCUT2D eigenvalue weighted by Crippen LogP contribution is 2.40. The number of carbonyl (C=O) groups is 1. The van der Waals surface area contributed by atoms with Crippen LogP contribution in [0.2, 0.25) is 0 Å². The third-order valence-corrected chi connectivity index (χ3v) is 4.17. The number of carbonyl (C=O) groups excluding carboxylic acids is 1. The molecule has 0 bridgehead atoms. The number of esters is 1. The van der Waals surface area contributed by atoms with Gasteiger partial charge in [-0.3, -0.25) is 4.21 Å². The third-order valence-electron chi connectivity index (χ3n) is 3.62. The summed E-state index contributed by atoms with van der Waals surface area (Å²) in [4.78, 5) is 12.1. The van der Waals surface area contributed by atoms with Gasteiger partial charge in [0.05, 0.1) is 11.7 Å². The zero-order valence-electron chi connectivity index (χ0n) is 14.0. The maximum absolute atomic E-state index is 12.1. The number of benzene rings is 1. The van der Waals surface area contributed by atoms with Crippen LogP contribution < -0.4 is 0 Å². The van der Waals surface area contributed by atoms with Crippen molar-refractivity contribution in [3.63, 3.8) is 0 Å². The molecule has 2 rings (SSSR count). The molecule has 0 saturated carbocycles. The molecule has 5 nitrogen and oxygen atoms in total. The maximum Gasteiger partial charge on any atom is 0.374 e. The molecule has 6 heteroatoms. The molecule has 0 amide bonds. The lowest BCUT2D eigenvalue weighted by Crippen LogP contribution is -2.22. The van der Waals surface area contributed by atoms with E-state index in [-0.39, 0.29) is 17.6 Å². The van der Waals surface area contributed by atoms with Gasteiger partial charge in [-0.05, 0) is 51.3 Å². The SMILES string of the molecule is Cc1cc(C2=C(OC(C)C)C(=O)OC2(C)C)ccc1CS(=O)[O-]. The predicted octanol–water partition coefficient (Wildman–Crippen LogP) is 2.85. The molecule has 1 aromatic rings. The van der Waals surface area contributed by atoms with E-state index < -0.39 is 22.7 Å². The van der Waals surface area contributed by atoms with Crippen molar-refractivity contribution in [2.75, 3.05) is 0 Å². The van der Waals surface area contributed by atoms with E-state index in [1.807, 2.05) is 40.7 Å². The van der Waals surface area contributed by atoms with Crippen LogP contribution >= 0.6 is 0 Å². The second kappa shape index (κ2) is 6.45. The van der Waals surface area contributed by atoms with Gasteiger partial charge >= 0.3 is 5.97 Å². The molecule has 0 aliphatic carbocycles. The van der Waals surface area contributed by atoms with Crippen LogP contribution in [0.1, 0.15) is 44.4 Å². The van der Waals surface area contributed by atoms with Crippen LogP contribution in [-0.2, 0) is 31.1 Å². The Morgan fingerprint density at radius 2 is 2.00 bits per heavy atom. The van der Waals surface area contributed by atoms with E-state index in [0.29, 0.717) is 5.57 Å². The van der Waals surface area contributed by atoms with Gasteiger partial charge in [0.25, 0.3) is 0 Å². The smallest absolute Gasteiger partial charge is 0.374 e. The number of ether oxygens (including phenoxy) is 2. The number of cyclic esters (lactones) is 1. The second-order valence-electron chi connectivity index (χ2n) is 6.36. The summed E-state index contributed by atoms with van der Waals surface area (Å²) in [7, 11) is 0. The predicted molar refractivity (Wildman–Crippen MR) is 87.1 cm³/mol. The van der Waals surface area contributed by atoms with Gasteiger partial charge < -0.3 is 14.0 Å². The molecule has 23 heavy (non-hydrogen) atoms. The Bertz CT molecular complexity index is 688. The minimum atomic E-state index is -2.14. The van der Waals surface area contributed by atoms with Crippen molar-refractivity contribution >= 4 is 22.6 Å². The molecule has 126 valence electrons. The average molecular weight is 337 g/mol. The van der Waals surface area contributed by atoms with Gasteiger partial charge in [0.15, 0.2) is 0 Å². The van der Waals surface area contributed by atoms with Gasteiger partial charge in [0.2, 0.25) is 5.76 Å². The van der Waals surface area contributed by atoms with Crippen molar-refractivity contribution in [2.24, 2.45) is 0 Å². The molecule has 1 aromatic carbocycles. The Hall–Kier alpha value is -1.66. The molecule has 0 aromatic heterocycles. The van der Waals surface area contributed by atoms with E-state index in [1.54, 1.807) is 12.1 Å². The van der Waals surface area contributed by atoms with E-state index in [4.69, 9.17) is 9.47 Å². The topological polar surface area (TPSA) is 75.7 Å². The van der Waals surface area contributed by atoms with E-state index in [1.165, 1.54) is 0 Å². The van der Waals surface area contributed by atoms with Crippen LogP contribution in [0.5, 0.6) is 0 Å². The van der Waals surface area contributed by atoms with Crippen molar-refractivity contribution in [2.45, 2.75) is 52.1 Å². The number of hydrogen-bond acceptors (Lipinski definition) is 5. The van der Waals surface area contributed by atoms with E-state index in [0.717, 1.165) is 16.7 Å². The largest absolute Gasteiger partial charge is 0.772 e. The first-order valence-corrected chi connectivity index (χ1v) is 8.66. The first-order chi connectivity index (χ1) is 10.6. The lowest BCUT2D eigenvalue weighted by molar-refractivity contribution is -0.147. The lowest BCUT2D eigenvalue weighted by Gasteiger charge is -2.22. The minimum Gasteiger partial charge on any atom is -0.772 e. The first kappa shape index (κ1) is 17.7. The van der Waals surface area contributed by atoms with Crippen LogP contribution in [0.15, 0.2) is 24.0 Å². The lowest BCUT2D eigenvalue weighted by atomic mass is 9.90. The highest BCUT2D eigenvalue weighted by molar-refractivity contribution is 7.78. The fraction of sp³-hybridized carbons (Fsp3) is 0.471. The molecule has 1 aliphatic rings. The summed E-state index contributed by atoms with van der Waals surface area (Å²) in [6.45, 7) is 9.17. The van der Waals surface area contributed by atoms with Gasteiger partial charge in [-0.25, -0.2) is 4.79 Å². The van der Waals surface area contributed by atoms with E-state index in [9.17, 15) is 13.6 Å². The quantitative estimate of drug-likeness (QED) is 0.610. The fourth-order valence-electron chi connectivity index (χ4n) is 2.67. The molecular weight excluding hydrogens is 316 g/mol. The summed E-state index contributed by atoms with van der Waals surface area (Å²) in [5.74, 6) is -0.273. The molecule has 1 aliphatic heterocycles. The van der Waals surface area contributed by atoms with Crippen molar-refractivity contribution in [3.05, 3.63) is 40.6 Å². The molecule has 0 radical (unpaired) electrons. The maximum atomic E-state index is 12.1. The van der Waals surface area contributed by atoms with Crippen LogP contribution in [-0.4, -0.2) is 26.4 Å². The normalized spacial score (nSPS) is 18.3. The van der Waals surface area contributed by atoms with E-state index in [2.05, 4.69) is 0 Å². The van der Waals surface area contributed by atoms with Gasteiger partial charge in [-0.15, -0.1) is 0 Å². The molecule has 0 N–H and O–H groups in total. The molecule has 1 unspecified atom stereocenters. The minimum absolute atomic E-state index is 0.0284. The molecule has 1 atom stereocenters. The molecule has 0 saturated heterocycles. The summed E-state index contributed by atoms with van der Waals surface area (Å²) < 4.78 is 32.9. The highest BCUT2D eigenvalue weighted by Gasteiger charge is 2.43. The number of rotatable bonds is 5. The van der Waals surface area contributed by atoms with Crippen LogP contribution in [0.3, 0.4) is 0 Å². The molecular formula is C17H21O5S-. The Morgan fingerprint density at radius 3 is 2.52 bits per heavy atom. The average Bonchev–Trinajstić information content (AvgIpc) is 2.60. The Labute approximate surface area is 139 Å². The van der Waals surface area contributed by atoms with Crippen molar-refractivity contribution in [1.29, 1.82) is 0 Å². The summed E-state index contributed by atoms with van der Waals surface area (Å²) >= 11 is -2.14. The molecule has 0 fully saturated rings. The van der Waals surface area contributed by atoms with Crippen molar-refractivity contribution in [1.82, 2.24) is 0 Å². The van der Waals surface area contributed by atoms with Gasteiger partial charge in [-0.2, -0.15) is 0 Å². The first-order valence-electron chi connectivity index (χ1n) is 7.42. The molecule has 0 spiro atoms. The Kier molecular flexibility index (Phi) is 4.96. The number of hydrogen-bond donors (Lipinski definition) is 0. The van der Waals surface area contributed by atoms with Crippen molar-refractivity contribution < 1.29 is 23.0 Å². The van der Waals surface area contributed by atoms with Gasteiger partial charge in [-0.1, -0.05) is 29.3 Å².